The van der Waals surface area contributed by atoms with Gasteiger partial charge < -0.3 is 4.90 Å². The van der Waals surface area contributed by atoms with Crippen LogP contribution in [-0.4, -0.2) is 34.7 Å². The van der Waals surface area contributed by atoms with E-state index >= 15 is 0 Å². The molecule has 0 saturated heterocycles. The van der Waals surface area contributed by atoms with E-state index in [0.717, 1.165) is 23.2 Å². The molecule has 1 unspecified atom stereocenters. The molecule has 0 saturated carbocycles. The van der Waals surface area contributed by atoms with Crippen molar-refractivity contribution >= 4 is 5.91 Å². The van der Waals surface area contributed by atoms with E-state index in [2.05, 4.69) is 24.2 Å². The van der Waals surface area contributed by atoms with Gasteiger partial charge in [-0.25, -0.2) is 0 Å². The van der Waals surface area contributed by atoms with E-state index in [9.17, 15) is 4.79 Å². The van der Waals surface area contributed by atoms with Crippen LogP contribution in [0.1, 0.15) is 30.5 Å². The molecule has 2 rings (SSSR count). The highest BCUT2D eigenvalue weighted by Gasteiger charge is 2.22. The van der Waals surface area contributed by atoms with Gasteiger partial charge in [0, 0.05) is 25.9 Å². The van der Waals surface area contributed by atoms with Crippen LogP contribution in [0.3, 0.4) is 0 Å². The highest BCUT2D eigenvalue weighted by Crippen LogP contribution is 2.26. The van der Waals surface area contributed by atoms with Crippen LogP contribution in [0, 0.1) is 13.8 Å². The second-order valence-corrected chi connectivity index (χ2v) is 5.61. The molecule has 1 amide bonds. The molecule has 0 bridgehead atoms. The quantitative estimate of drug-likeness (QED) is 0.865. The largest absolute Gasteiger partial charge is 0.347 e. The number of aromatic nitrogens is 2. The van der Waals surface area contributed by atoms with Gasteiger partial charge in [-0.3, -0.25) is 9.48 Å². The molecule has 112 valence electrons. The van der Waals surface area contributed by atoms with Gasteiger partial charge in [0.2, 0.25) is 5.91 Å². The molecule has 1 heterocycles. The van der Waals surface area contributed by atoms with Crippen molar-refractivity contribution in [3.63, 3.8) is 0 Å². The van der Waals surface area contributed by atoms with Gasteiger partial charge in [0.25, 0.3) is 0 Å². The summed E-state index contributed by atoms with van der Waals surface area (Å²) in [4.78, 5) is 13.9. The van der Waals surface area contributed by atoms with Crippen LogP contribution in [-0.2, 0) is 4.79 Å². The van der Waals surface area contributed by atoms with Crippen molar-refractivity contribution < 1.29 is 4.79 Å². The predicted molar refractivity (Wildman–Crippen MR) is 85.2 cm³/mol. The number of rotatable bonds is 4. The number of nitrogens with zero attached hydrogens (tertiary/aromatic N) is 3. The number of carbonyl (C=O) groups is 1. The number of aryl methyl sites for hydroxylation is 2. The second-order valence-electron chi connectivity index (χ2n) is 5.61. The van der Waals surface area contributed by atoms with Gasteiger partial charge >= 0.3 is 0 Å². The fourth-order valence-corrected chi connectivity index (χ4v) is 2.52. The van der Waals surface area contributed by atoms with Crippen LogP contribution >= 0.6 is 0 Å². The van der Waals surface area contributed by atoms with Crippen LogP contribution < -0.4 is 0 Å². The first-order valence-electron chi connectivity index (χ1n) is 7.28. The first-order chi connectivity index (χ1) is 9.95. The maximum atomic E-state index is 12.3. The number of hydrogen-bond acceptors (Lipinski definition) is 2. The molecule has 0 spiro atoms. The molecule has 0 aliphatic heterocycles. The summed E-state index contributed by atoms with van der Waals surface area (Å²) in [5.41, 5.74) is 4.37. The summed E-state index contributed by atoms with van der Waals surface area (Å²) < 4.78 is 1.80. The van der Waals surface area contributed by atoms with Gasteiger partial charge in [-0.15, -0.1) is 0 Å². The molecule has 0 N–H and O–H groups in total. The highest BCUT2D eigenvalue weighted by molar-refractivity contribution is 5.80. The standard InChI is InChI=1S/C17H23N3O/c1-6-15(17(21)19(4)5)20-11-13(3)16(18-20)14-10-8-7-9-12(14)2/h7-11,15H,6H2,1-5H3. The van der Waals surface area contributed by atoms with E-state index in [1.54, 1.807) is 23.7 Å². The van der Waals surface area contributed by atoms with Crippen molar-refractivity contribution in [1.29, 1.82) is 0 Å². The predicted octanol–water partition coefficient (Wildman–Crippen LogP) is 3.21. The van der Waals surface area contributed by atoms with Crippen LogP contribution in [0.4, 0.5) is 0 Å². The molecule has 21 heavy (non-hydrogen) atoms. The summed E-state index contributed by atoms with van der Waals surface area (Å²) in [6.07, 6.45) is 2.70. The summed E-state index contributed by atoms with van der Waals surface area (Å²) in [5.74, 6) is 0.0799. The minimum absolute atomic E-state index is 0.0799. The molecule has 1 atom stereocenters. The fraction of sp³-hybridized carbons (Fsp3) is 0.412. The summed E-state index contributed by atoms with van der Waals surface area (Å²) in [5, 5.41) is 4.68. The first-order valence-corrected chi connectivity index (χ1v) is 7.28. The van der Waals surface area contributed by atoms with Crippen LogP contribution in [0.15, 0.2) is 30.5 Å². The van der Waals surface area contributed by atoms with Gasteiger partial charge in [0.1, 0.15) is 6.04 Å². The smallest absolute Gasteiger partial charge is 0.246 e. The van der Waals surface area contributed by atoms with Gasteiger partial charge in [-0.05, 0) is 31.4 Å². The minimum Gasteiger partial charge on any atom is -0.347 e. The number of amides is 1. The number of benzene rings is 1. The van der Waals surface area contributed by atoms with E-state index in [0.29, 0.717) is 0 Å². The minimum atomic E-state index is -0.239. The Hall–Kier alpha value is -2.10. The molecular weight excluding hydrogens is 262 g/mol. The SMILES string of the molecule is CCC(C(=O)N(C)C)n1cc(C)c(-c2ccccc2C)n1. The lowest BCUT2D eigenvalue weighted by molar-refractivity contribution is -0.132. The van der Waals surface area contributed by atoms with E-state index in [-0.39, 0.29) is 11.9 Å². The van der Waals surface area contributed by atoms with E-state index < -0.39 is 0 Å². The Morgan fingerprint density at radius 2 is 1.90 bits per heavy atom. The van der Waals surface area contributed by atoms with Gasteiger partial charge in [-0.1, -0.05) is 31.2 Å². The lowest BCUT2D eigenvalue weighted by Gasteiger charge is -2.19. The van der Waals surface area contributed by atoms with Gasteiger partial charge in [0.05, 0.1) is 5.69 Å². The molecule has 4 nitrogen and oxygen atoms in total. The Morgan fingerprint density at radius 3 is 2.48 bits per heavy atom. The van der Waals surface area contributed by atoms with E-state index in [1.807, 2.05) is 32.2 Å². The molecule has 4 heteroatoms. The van der Waals surface area contributed by atoms with Crippen molar-refractivity contribution in [1.82, 2.24) is 14.7 Å². The lowest BCUT2D eigenvalue weighted by Crippen LogP contribution is -2.31. The van der Waals surface area contributed by atoms with E-state index in [4.69, 9.17) is 0 Å². The van der Waals surface area contributed by atoms with Crippen molar-refractivity contribution in [2.45, 2.75) is 33.2 Å². The van der Waals surface area contributed by atoms with Crippen molar-refractivity contribution in [2.24, 2.45) is 0 Å². The normalized spacial score (nSPS) is 12.2. The summed E-state index contributed by atoms with van der Waals surface area (Å²) >= 11 is 0. The lowest BCUT2D eigenvalue weighted by atomic mass is 10.0. The Morgan fingerprint density at radius 1 is 1.24 bits per heavy atom. The van der Waals surface area contributed by atoms with Gasteiger partial charge in [-0.2, -0.15) is 5.10 Å². The summed E-state index contributed by atoms with van der Waals surface area (Å²) in [7, 11) is 3.56. The third-order valence-corrected chi connectivity index (χ3v) is 3.75. The van der Waals surface area contributed by atoms with Gasteiger partial charge in [0.15, 0.2) is 0 Å². The Labute approximate surface area is 126 Å². The average molecular weight is 285 g/mol. The summed E-state index contributed by atoms with van der Waals surface area (Å²) in [6, 6.07) is 7.95. The third kappa shape index (κ3) is 2.99. The number of hydrogen-bond donors (Lipinski definition) is 0. The fourth-order valence-electron chi connectivity index (χ4n) is 2.52. The Kier molecular flexibility index (Phi) is 4.46. The second kappa shape index (κ2) is 6.12. The first kappa shape index (κ1) is 15.3. The maximum Gasteiger partial charge on any atom is 0.246 e. The molecule has 1 aromatic heterocycles. The zero-order valence-corrected chi connectivity index (χ0v) is 13.4. The maximum absolute atomic E-state index is 12.3. The number of likely N-dealkylation sites (N-methyl/N-ethyl adjacent to an activating group) is 1. The third-order valence-electron chi connectivity index (χ3n) is 3.75. The number of carbonyl (C=O) groups excluding carboxylic acids is 1. The molecule has 1 aromatic carbocycles. The van der Waals surface area contributed by atoms with Crippen molar-refractivity contribution in [3.8, 4) is 11.3 Å². The zero-order chi connectivity index (χ0) is 15.6. The Bertz CT molecular complexity index is 643. The van der Waals surface area contributed by atoms with E-state index in [1.165, 1.54) is 5.56 Å². The monoisotopic (exact) mass is 285 g/mol. The van der Waals surface area contributed by atoms with Crippen molar-refractivity contribution in [2.75, 3.05) is 14.1 Å². The van der Waals surface area contributed by atoms with Crippen LogP contribution in [0.25, 0.3) is 11.3 Å². The molecule has 2 aromatic rings. The molecule has 0 aliphatic carbocycles. The molecular formula is C17H23N3O. The zero-order valence-electron chi connectivity index (χ0n) is 13.4. The highest BCUT2D eigenvalue weighted by atomic mass is 16.2. The van der Waals surface area contributed by atoms with Crippen LogP contribution in [0.2, 0.25) is 0 Å². The molecule has 0 radical (unpaired) electrons. The van der Waals surface area contributed by atoms with Crippen molar-refractivity contribution in [3.05, 3.63) is 41.6 Å². The summed E-state index contributed by atoms with van der Waals surface area (Å²) in [6.45, 7) is 6.13. The Balaban J connectivity index is 2.44. The molecule has 0 fully saturated rings. The average Bonchev–Trinajstić information content (AvgIpc) is 2.81. The topological polar surface area (TPSA) is 38.1 Å². The van der Waals surface area contributed by atoms with Crippen LogP contribution in [0.5, 0.6) is 0 Å². The molecule has 0 aliphatic rings.